The Morgan fingerprint density at radius 3 is 2.81 bits per heavy atom. The van der Waals surface area contributed by atoms with Gasteiger partial charge in [-0.05, 0) is 24.6 Å². The topological polar surface area (TPSA) is 48.8 Å². The average molecular weight is 212 g/mol. The van der Waals surface area contributed by atoms with Crippen molar-refractivity contribution >= 4 is 16.5 Å². The van der Waals surface area contributed by atoms with E-state index in [0.717, 1.165) is 27.8 Å². The van der Waals surface area contributed by atoms with Gasteiger partial charge >= 0.3 is 0 Å². The maximum absolute atomic E-state index is 9.01. The Labute approximate surface area is 94.0 Å². The van der Waals surface area contributed by atoms with E-state index in [4.69, 9.17) is 10.00 Å². The molecule has 2 rings (SSSR count). The molecular formula is C13H12N2O. The second kappa shape index (κ2) is 3.74. The van der Waals surface area contributed by atoms with Crippen LogP contribution in [0.4, 0.5) is 0 Å². The Kier molecular flexibility index (Phi) is 2.41. The highest BCUT2D eigenvalue weighted by molar-refractivity contribution is 5.99. The van der Waals surface area contributed by atoms with E-state index in [1.165, 1.54) is 0 Å². The molecule has 0 fully saturated rings. The summed E-state index contributed by atoms with van der Waals surface area (Å²) in [6, 6.07) is 5.71. The molecule has 1 aromatic heterocycles. The summed E-state index contributed by atoms with van der Waals surface area (Å²) in [5.41, 5.74) is 3.35. The molecule has 0 aliphatic rings. The Morgan fingerprint density at radius 1 is 1.50 bits per heavy atom. The predicted octanol–water partition coefficient (Wildman–Crippen LogP) is 3.08. The lowest BCUT2D eigenvalue weighted by Crippen LogP contribution is -1.87. The minimum absolute atomic E-state index is 0.614. The van der Waals surface area contributed by atoms with Gasteiger partial charge in [-0.15, -0.1) is 0 Å². The van der Waals surface area contributed by atoms with Gasteiger partial charge in [0, 0.05) is 11.8 Å². The second-order valence-corrected chi connectivity index (χ2v) is 3.66. The molecule has 3 nitrogen and oxygen atoms in total. The van der Waals surface area contributed by atoms with Gasteiger partial charge in [-0.2, -0.15) is 5.26 Å². The molecular weight excluding hydrogens is 200 g/mol. The molecule has 0 spiro atoms. The highest BCUT2D eigenvalue weighted by Crippen LogP contribution is 2.33. The van der Waals surface area contributed by atoms with E-state index in [0.29, 0.717) is 5.56 Å². The van der Waals surface area contributed by atoms with Crippen LogP contribution < -0.4 is 4.74 Å². The largest absolute Gasteiger partial charge is 0.496 e. The van der Waals surface area contributed by atoms with Gasteiger partial charge in [-0.25, -0.2) is 0 Å². The third-order valence-electron chi connectivity index (χ3n) is 2.60. The van der Waals surface area contributed by atoms with Crippen molar-refractivity contribution < 1.29 is 4.74 Å². The predicted molar refractivity (Wildman–Crippen MR) is 64.3 cm³/mol. The first-order valence-electron chi connectivity index (χ1n) is 4.93. The molecule has 0 aliphatic carbocycles. The zero-order valence-electron chi connectivity index (χ0n) is 9.29. The average Bonchev–Trinajstić information content (AvgIpc) is 2.72. The fourth-order valence-electron chi connectivity index (χ4n) is 1.82. The van der Waals surface area contributed by atoms with E-state index in [2.05, 4.69) is 17.6 Å². The van der Waals surface area contributed by atoms with Crippen molar-refractivity contribution in [3.8, 4) is 11.8 Å². The standard InChI is InChI=1S/C13H12N2O/c1-8(2)10-7-15-13-9(6-14)4-5-11(16-3)12(10)13/h4-5,7,15H,1H2,2-3H3. The van der Waals surface area contributed by atoms with Crippen LogP contribution in [0.3, 0.4) is 0 Å². The first-order valence-corrected chi connectivity index (χ1v) is 4.93. The van der Waals surface area contributed by atoms with Crippen LogP contribution in [-0.2, 0) is 0 Å². The monoisotopic (exact) mass is 212 g/mol. The lowest BCUT2D eigenvalue weighted by atomic mass is 10.0. The van der Waals surface area contributed by atoms with Crippen molar-refractivity contribution in [2.75, 3.05) is 7.11 Å². The zero-order valence-corrected chi connectivity index (χ0v) is 9.29. The summed E-state index contributed by atoms with van der Waals surface area (Å²) in [5, 5.41) is 9.94. The number of nitrogens with zero attached hydrogens (tertiary/aromatic N) is 1. The van der Waals surface area contributed by atoms with Crippen LogP contribution in [0.25, 0.3) is 16.5 Å². The van der Waals surface area contributed by atoms with Gasteiger partial charge in [0.15, 0.2) is 0 Å². The number of aromatic nitrogens is 1. The van der Waals surface area contributed by atoms with Crippen LogP contribution >= 0.6 is 0 Å². The van der Waals surface area contributed by atoms with Crippen molar-refractivity contribution in [3.05, 3.63) is 36.0 Å². The highest BCUT2D eigenvalue weighted by atomic mass is 16.5. The maximum Gasteiger partial charge on any atom is 0.128 e. The number of hydrogen-bond donors (Lipinski definition) is 1. The molecule has 0 aliphatic heterocycles. The normalized spacial score (nSPS) is 10.1. The van der Waals surface area contributed by atoms with Gasteiger partial charge in [0.1, 0.15) is 11.8 Å². The van der Waals surface area contributed by atoms with E-state index in [1.807, 2.05) is 13.1 Å². The number of benzene rings is 1. The van der Waals surface area contributed by atoms with E-state index in [-0.39, 0.29) is 0 Å². The molecule has 1 N–H and O–H groups in total. The molecule has 3 heteroatoms. The Morgan fingerprint density at radius 2 is 2.25 bits per heavy atom. The molecule has 0 amide bonds. The first-order chi connectivity index (χ1) is 7.69. The Bertz CT molecular complexity index is 602. The molecule has 0 saturated heterocycles. The van der Waals surface area contributed by atoms with E-state index < -0.39 is 0 Å². The third-order valence-corrected chi connectivity index (χ3v) is 2.60. The first kappa shape index (κ1) is 10.3. The number of nitrogens with one attached hydrogen (secondary N) is 1. The summed E-state index contributed by atoms with van der Waals surface area (Å²) in [5.74, 6) is 0.758. The third kappa shape index (κ3) is 1.36. The van der Waals surface area contributed by atoms with Crippen LogP contribution in [0.15, 0.2) is 24.9 Å². The van der Waals surface area contributed by atoms with Crippen LogP contribution in [0.5, 0.6) is 5.75 Å². The molecule has 0 atom stereocenters. The summed E-state index contributed by atoms with van der Waals surface area (Å²) in [6.45, 7) is 5.85. The molecule has 0 bridgehead atoms. The van der Waals surface area contributed by atoms with Crippen molar-refractivity contribution in [1.82, 2.24) is 4.98 Å². The van der Waals surface area contributed by atoms with Crippen molar-refractivity contribution in [2.24, 2.45) is 0 Å². The summed E-state index contributed by atoms with van der Waals surface area (Å²) in [6.07, 6.45) is 1.86. The van der Waals surface area contributed by atoms with Crippen LogP contribution in [0, 0.1) is 11.3 Å². The number of hydrogen-bond acceptors (Lipinski definition) is 2. The number of ether oxygens (including phenoxy) is 1. The SMILES string of the molecule is C=C(C)c1c[nH]c2c(C#N)ccc(OC)c12. The number of allylic oxidation sites excluding steroid dienone is 1. The quantitative estimate of drug-likeness (QED) is 0.831. The number of fused-ring (bicyclic) bond motifs is 1. The summed E-state index contributed by atoms with van der Waals surface area (Å²) < 4.78 is 5.31. The van der Waals surface area contributed by atoms with Gasteiger partial charge in [-0.3, -0.25) is 0 Å². The molecule has 80 valence electrons. The number of rotatable bonds is 2. The summed E-state index contributed by atoms with van der Waals surface area (Å²) in [7, 11) is 1.62. The highest BCUT2D eigenvalue weighted by Gasteiger charge is 2.12. The molecule has 1 heterocycles. The fraction of sp³-hybridized carbons (Fsp3) is 0.154. The van der Waals surface area contributed by atoms with Crippen LogP contribution in [-0.4, -0.2) is 12.1 Å². The molecule has 0 radical (unpaired) electrons. The van der Waals surface area contributed by atoms with E-state index in [1.54, 1.807) is 19.2 Å². The smallest absolute Gasteiger partial charge is 0.128 e. The summed E-state index contributed by atoms with van der Waals surface area (Å²) in [4.78, 5) is 3.10. The molecule has 0 unspecified atom stereocenters. The van der Waals surface area contributed by atoms with E-state index in [9.17, 15) is 0 Å². The Hall–Kier alpha value is -2.21. The van der Waals surface area contributed by atoms with Gasteiger partial charge in [0.05, 0.1) is 23.6 Å². The number of H-pyrrole nitrogens is 1. The number of methoxy groups -OCH3 is 1. The van der Waals surface area contributed by atoms with Crippen molar-refractivity contribution in [3.63, 3.8) is 0 Å². The fourth-order valence-corrected chi connectivity index (χ4v) is 1.82. The van der Waals surface area contributed by atoms with Crippen LogP contribution in [0.1, 0.15) is 18.1 Å². The van der Waals surface area contributed by atoms with Gasteiger partial charge < -0.3 is 9.72 Å². The number of aromatic amines is 1. The molecule has 1 aromatic carbocycles. The molecule has 0 saturated carbocycles. The number of nitriles is 1. The van der Waals surface area contributed by atoms with Crippen molar-refractivity contribution in [1.29, 1.82) is 5.26 Å². The Balaban J connectivity index is 2.89. The van der Waals surface area contributed by atoms with Gasteiger partial charge in [0.25, 0.3) is 0 Å². The van der Waals surface area contributed by atoms with Crippen molar-refractivity contribution in [2.45, 2.75) is 6.92 Å². The van der Waals surface area contributed by atoms with Crippen LogP contribution in [0.2, 0.25) is 0 Å². The maximum atomic E-state index is 9.01. The lowest BCUT2D eigenvalue weighted by Gasteiger charge is -2.05. The minimum atomic E-state index is 0.614. The van der Waals surface area contributed by atoms with Gasteiger partial charge in [0.2, 0.25) is 0 Å². The van der Waals surface area contributed by atoms with E-state index >= 15 is 0 Å². The van der Waals surface area contributed by atoms with Gasteiger partial charge in [-0.1, -0.05) is 6.58 Å². The second-order valence-electron chi connectivity index (χ2n) is 3.66. The lowest BCUT2D eigenvalue weighted by molar-refractivity contribution is 0.420. The molecule has 2 aromatic rings. The summed E-state index contributed by atoms with van der Waals surface area (Å²) >= 11 is 0. The zero-order chi connectivity index (χ0) is 11.7. The minimum Gasteiger partial charge on any atom is -0.496 e. The molecule has 16 heavy (non-hydrogen) atoms.